The largest absolute Gasteiger partial charge is 0.378 e. The maximum atomic E-state index is 12.9. The van der Waals surface area contributed by atoms with Crippen LogP contribution < -0.4 is 10.2 Å². The first-order valence-corrected chi connectivity index (χ1v) is 11.9. The number of thiazole rings is 1. The van der Waals surface area contributed by atoms with Crippen LogP contribution in [-0.2, 0) is 11.3 Å². The van der Waals surface area contributed by atoms with Crippen LogP contribution in [0.15, 0.2) is 67.0 Å². The lowest BCUT2D eigenvalue weighted by Crippen LogP contribution is -2.36. The van der Waals surface area contributed by atoms with Gasteiger partial charge >= 0.3 is 0 Å². The molecule has 3 aromatic heterocycles. The lowest BCUT2D eigenvalue weighted by atomic mass is 10.2. The predicted molar refractivity (Wildman–Crippen MR) is 134 cm³/mol. The molecule has 170 valence electrons. The van der Waals surface area contributed by atoms with Crippen molar-refractivity contribution in [3.8, 4) is 0 Å². The van der Waals surface area contributed by atoms with Gasteiger partial charge in [0.1, 0.15) is 0 Å². The van der Waals surface area contributed by atoms with E-state index in [1.807, 2.05) is 47.1 Å². The highest BCUT2D eigenvalue weighted by molar-refractivity contribution is 7.22. The van der Waals surface area contributed by atoms with E-state index in [9.17, 15) is 4.79 Å². The molecule has 1 saturated heterocycles. The summed E-state index contributed by atoms with van der Waals surface area (Å²) in [6, 6.07) is 17.7. The number of anilines is 2. The topological polar surface area (TPSA) is 85.2 Å². The van der Waals surface area contributed by atoms with Crippen LogP contribution in [0.3, 0.4) is 0 Å². The van der Waals surface area contributed by atoms with Crippen LogP contribution in [0.1, 0.15) is 15.9 Å². The highest BCUT2D eigenvalue weighted by atomic mass is 32.1. The van der Waals surface area contributed by atoms with Gasteiger partial charge in [0.25, 0.3) is 5.91 Å². The number of rotatable bonds is 5. The van der Waals surface area contributed by atoms with E-state index in [0.29, 0.717) is 12.1 Å². The van der Waals surface area contributed by atoms with E-state index in [2.05, 4.69) is 32.4 Å². The minimum absolute atomic E-state index is 0.206. The number of hydrogen-bond acceptors (Lipinski definition) is 7. The summed E-state index contributed by atoms with van der Waals surface area (Å²) < 4.78 is 8.31. The molecule has 0 spiro atoms. The molecule has 0 atom stereocenters. The number of nitrogens with zero attached hydrogens (tertiary/aromatic N) is 5. The first-order chi connectivity index (χ1) is 16.7. The standard InChI is InChI=1S/C25H22N6O2S/c32-24(19-12-18-15-27-31(23(18)26-14-19)16-17-4-2-1-3-5-17)28-20-6-7-21-22(13-20)34-25(29-21)30-8-10-33-11-9-30/h1-7,12-15H,8-11,16H2,(H,28,32). The summed E-state index contributed by atoms with van der Waals surface area (Å²) in [7, 11) is 0. The summed E-state index contributed by atoms with van der Waals surface area (Å²) in [6.45, 7) is 3.77. The number of carbonyl (C=O) groups excluding carboxylic acids is 1. The fourth-order valence-electron chi connectivity index (χ4n) is 4.05. The average Bonchev–Trinajstić information content (AvgIpc) is 3.49. The Morgan fingerprint density at radius 2 is 1.91 bits per heavy atom. The predicted octanol–water partition coefficient (Wildman–Crippen LogP) is 4.18. The molecule has 1 aliphatic rings. The number of aromatic nitrogens is 4. The van der Waals surface area contributed by atoms with E-state index in [0.717, 1.165) is 63.9 Å². The van der Waals surface area contributed by atoms with E-state index in [4.69, 9.17) is 9.72 Å². The molecular weight excluding hydrogens is 448 g/mol. The van der Waals surface area contributed by atoms with Crippen molar-refractivity contribution < 1.29 is 9.53 Å². The van der Waals surface area contributed by atoms with Gasteiger partial charge in [-0.2, -0.15) is 5.10 Å². The van der Waals surface area contributed by atoms with Crippen LogP contribution in [0.5, 0.6) is 0 Å². The lowest BCUT2D eigenvalue weighted by molar-refractivity contribution is 0.102. The number of ether oxygens (including phenoxy) is 1. The molecule has 2 aromatic carbocycles. The zero-order valence-electron chi connectivity index (χ0n) is 18.3. The van der Waals surface area contributed by atoms with Crippen molar-refractivity contribution >= 4 is 49.3 Å². The van der Waals surface area contributed by atoms with E-state index < -0.39 is 0 Å². The summed E-state index contributed by atoms with van der Waals surface area (Å²) in [5.41, 5.74) is 4.05. The number of amides is 1. The number of nitrogens with one attached hydrogen (secondary N) is 1. The van der Waals surface area contributed by atoms with Crippen molar-refractivity contribution in [2.75, 3.05) is 36.5 Å². The molecule has 0 radical (unpaired) electrons. The van der Waals surface area contributed by atoms with Gasteiger partial charge in [-0.15, -0.1) is 0 Å². The Hall–Kier alpha value is -3.82. The minimum Gasteiger partial charge on any atom is -0.378 e. The molecular formula is C25H22N6O2S. The van der Waals surface area contributed by atoms with Crippen molar-refractivity contribution in [1.82, 2.24) is 19.7 Å². The molecule has 1 fully saturated rings. The zero-order valence-corrected chi connectivity index (χ0v) is 19.2. The number of pyridine rings is 1. The Labute approximate surface area is 199 Å². The molecule has 1 N–H and O–H groups in total. The van der Waals surface area contributed by atoms with Crippen LogP contribution in [0.2, 0.25) is 0 Å². The third kappa shape index (κ3) is 4.11. The second-order valence-electron chi connectivity index (χ2n) is 8.16. The first-order valence-electron chi connectivity index (χ1n) is 11.1. The van der Waals surface area contributed by atoms with Crippen molar-refractivity contribution in [3.63, 3.8) is 0 Å². The summed E-state index contributed by atoms with van der Waals surface area (Å²) in [5.74, 6) is -0.206. The Morgan fingerprint density at radius 1 is 1.06 bits per heavy atom. The van der Waals surface area contributed by atoms with Crippen molar-refractivity contribution in [1.29, 1.82) is 0 Å². The van der Waals surface area contributed by atoms with Gasteiger partial charge in [0.05, 0.1) is 41.7 Å². The highest BCUT2D eigenvalue weighted by Gasteiger charge is 2.16. The van der Waals surface area contributed by atoms with E-state index in [1.165, 1.54) is 0 Å². The molecule has 0 saturated carbocycles. The molecule has 34 heavy (non-hydrogen) atoms. The second kappa shape index (κ2) is 8.85. The SMILES string of the molecule is O=C(Nc1ccc2nc(N3CCOCC3)sc2c1)c1cnc2c(cnn2Cc2ccccc2)c1. The smallest absolute Gasteiger partial charge is 0.257 e. The van der Waals surface area contributed by atoms with Crippen LogP contribution in [-0.4, -0.2) is 52.0 Å². The van der Waals surface area contributed by atoms with Crippen LogP contribution in [0.25, 0.3) is 21.3 Å². The fourth-order valence-corrected chi connectivity index (χ4v) is 5.11. The van der Waals surface area contributed by atoms with Crippen LogP contribution >= 0.6 is 11.3 Å². The zero-order chi connectivity index (χ0) is 22.9. The summed E-state index contributed by atoms with van der Waals surface area (Å²) >= 11 is 1.63. The molecule has 0 bridgehead atoms. The van der Waals surface area contributed by atoms with Crippen molar-refractivity contribution in [2.45, 2.75) is 6.54 Å². The lowest BCUT2D eigenvalue weighted by Gasteiger charge is -2.25. The number of benzene rings is 2. The van der Waals surface area contributed by atoms with Gasteiger partial charge in [0.15, 0.2) is 10.8 Å². The molecule has 4 heterocycles. The highest BCUT2D eigenvalue weighted by Crippen LogP contribution is 2.31. The van der Waals surface area contributed by atoms with E-state index in [-0.39, 0.29) is 5.91 Å². The molecule has 1 aliphatic heterocycles. The van der Waals surface area contributed by atoms with Gasteiger partial charge in [-0.25, -0.2) is 14.6 Å². The molecule has 0 aliphatic carbocycles. The minimum atomic E-state index is -0.206. The van der Waals surface area contributed by atoms with Crippen LogP contribution in [0, 0.1) is 0 Å². The summed E-state index contributed by atoms with van der Waals surface area (Å²) in [5, 5.41) is 9.26. The maximum Gasteiger partial charge on any atom is 0.257 e. The summed E-state index contributed by atoms with van der Waals surface area (Å²) in [6.07, 6.45) is 3.35. The quantitative estimate of drug-likeness (QED) is 0.415. The van der Waals surface area contributed by atoms with Gasteiger partial charge in [0.2, 0.25) is 0 Å². The van der Waals surface area contributed by atoms with E-state index in [1.54, 1.807) is 23.7 Å². The van der Waals surface area contributed by atoms with Crippen molar-refractivity contribution in [3.05, 3.63) is 78.1 Å². The van der Waals surface area contributed by atoms with Gasteiger partial charge in [0, 0.05) is 30.4 Å². The van der Waals surface area contributed by atoms with Crippen LogP contribution in [0.4, 0.5) is 10.8 Å². The molecule has 6 rings (SSSR count). The Morgan fingerprint density at radius 3 is 2.76 bits per heavy atom. The first kappa shape index (κ1) is 20.8. The molecule has 9 heteroatoms. The van der Waals surface area contributed by atoms with Gasteiger partial charge in [-0.3, -0.25) is 4.79 Å². The maximum absolute atomic E-state index is 12.9. The molecule has 1 amide bonds. The Kier molecular flexibility index (Phi) is 5.40. The fraction of sp³-hybridized carbons (Fsp3) is 0.200. The summed E-state index contributed by atoms with van der Waals surface area (Å²) in [4.78, 5) is 24.4. The van der Waals surface area contributed by atoms with Crippen molar-refractivity contribution in [2.24, 2.45) is 0 Å². The third-order valence-electron chi connectivity index (χ3n) is 5.83. The number of fused-ring (bicyclic) bond motifs is 2. The monoisotopic (exact) mass is 470 g/mol. The Balaban J connectivity index is 1.19. The average molecular weight is 471 g/mol. The third-order valence-corrected chi connectivity index (χ3v) is 6.91. The normalized spacial score (nSPS) is 14.1. The Bertz CT molecular complexity index is 1470. The number of morpholine rings is 1. The second-order valence-corrected chi connectivity index (χ2v) is 9.17. The molecule has 5 aromatic rings. The van der Waals surface area contributed by atoms with Gasteiger partial charge in [-0.1, -0.05) is 41.7 Å². The number of hydrogen-bond donors (Lipinski definition) is 1. The van der Waals surface area contributed by atoms with Gasteiger partial charge in [-0.05, 0) is 29.8 Å². The molecule has 8 nitrogen and oxygen atoms in total. The van der Waals surface area contributed by atoms with Gasteiger partial charge < -0.3 is 15.0 Å². The molecule has 0 unspecified atom stereocenters. The van der Waals surface area contributed by atoms with E-state index >= 15 is 0 Å². The number of carbonyl (C=O) groups is 1.